The fraction of sp³-hybridized carbons (Fsp3) is 0.471. The summed E-state index contributed by atoms with van der Waals surface area (Å²) in [5.74, 6) is 0.700. The molecule has 0 unspecified atom stereocenters. The Balaban J connectivity index is 1.47. The van der Waals surface area contributed by atoms with Gasteiger partial charge in [-0.05, 0) is 31.9 Å². The van der Waals surface area contributed by atoms with Crippen molar-refractivity contribution in [3.8, 4) is 11.5 Å². The predicted octanol–water partition coefficient (Wildman–Crippen LogP) is 3.43. The van der Waals surface area contributed by atoms with Gasteiger partial charge in [0.05, 0.1) is 6.26 Å². The molecule has 1 atom stereocenters. The third-order valence-corrected chi connectivity index (χ3v) is 4.89. The van der Waals surface area contributed by atoms with Gasteiger partial charge in [-0.1, -0.05) is 12.8 Å². The Hall–Kier alpha value is -2.15. The van der Waals surface area contributed by atoms with Crippen molar-refractivity contribution in [1.29, 1.82) is 0 Å². The second-order valence-electron chi connectivity index (χ2n) is 6.16. The van der Waals surface area contributed by atoms with Crippen molar-refractivity contribution in [3.05, 3.63) is 23.8 Å². The van der Waals surface area contributed by atoms with Crippen molar-refractivity contribution >= 4 is 28.3 Å². The zero-order valence-corrected chi connectivity index (χ0v) is 14.4. The fourth-order valence-electron chi connectivity index (χ4n) is 2.92. The third kappa shape index (κ3) is 4.23. The van der Waals surface area contributed by atoms with Crippen molar-refractivity contribution in [3.63, 3.8) is 0 Å². The number of furan rings is 1. The number of carbonyl (C=O) groups is 2. The van der Waals surface area contributed by atoms with Crippen LogP contribution >= 0.6 is 11.3 Å². The molecule has 0 aromatic carbocycles. The summed E-state index contributed by atoms with van der Waals surface area (Å²) in [6, 6.07) is 3.42. The number of aromatic nitrogens is 1. The minimum Gasteiger partial charge on any atom is -0.463 e. The van der Waals surface area contributed by atoms with Crippen LogP contribution in [0.2, 0.25) is 0 Å². The standard InChI is InChI=1S/C17H21N3O3S/c1-11(18-16(22)12-5-2-3-6-12)9-15(21)20-17-19-13(10-24-17)14-7-4-8-23-14/h4,7-8,10-12H,2-3,5-6,9H2,1H3,(H,18,22)(H,19,20,21)/t11-/m1/s1. The highest BCUT2D eigenvalue weighted by molar-refractivity contribution is 7.14. The second kappa shape index (κ2) is 7.61. The Labute approximate surface area is 144 Å². The monoisotopic (exact) mass is 347 g/mol. The number of anilines is 1. The van der Waals surface area contributed by atoms with Gasteiger partial charge in [-0.25, -0.2) is 4.98 Å². The largest absolute Gasteiger partial charge is 0.463 e. The summed E-state index contributed by atoms with van der Waals surface area (Å²) in [7, 11) is 0. The maximum absolute atomic E-state index is 12.1. The summed E-state index contributed by atoms with van der Waals surface area (Å²) in [5, 5.41) is 8.07. The predicted molar refractivity (Wildman–Crippen MR) is 92.6 cm³/mol. The summed E-state index contributed by atoms with van der Waals surface area (Å²) in [5.41, 5.74) is 0.697. The lowest BCUT2D eigenvalue weighted by Gasteiger charge is -2.16. The molecule has 2 amide bonds. The van der Waals surface area contributed by atoms with Gasteiger partial charge in [0.1, 0.15) is 5.69 Å². The first kappa shape index (κ1) is 16.7. The molecule has 2 N–H and O–H groups in total. The van der Waals surface area contributed by atoms with E-state index in [1.54, 1.807) is 12.3 Å². The van der Waals surface area contributed by atoms with Crippen LogP contribution in [0.15, 0.2) is 28.2 Å². The number of carbonyl (C=O) groups excluding carboxylic acids is 2. The van der Waals surface area contributed by atoms with Crippen LogP contribution in [0.25, 0.3) is 11.5 Å². The number of nitrogens with one attached hydrogen (secondary N) is 2. The molecule has 2 aromatic rings. The van der Waals surface area contributed by atoms with Crippen molar-refractivity contribution in [1.82, 2.24) is 10.3 Å². The molecule has 6 nitrogen and oxygen atoms in total. The first-order valence-electron chi connectivity index (χ1n) is 8.21. The minimum atomic E-state index is -0.192. The Morgan fingerprint density at radius 2 is 2.21 bits per heavy atom. The summed E-state index contributed by atoms with van der Waals surface area (Å²) < 4.78 is 5.28. The van der Waals surface area contributed by atoms with Crippen LogP contribution in [0, 0.1) is 5.92 Å². The average Bonchev–Trinajstić information content (AvgIpc) is 3.29. The highest BCUT2D eigenvalue weighted by atomic mass is 32.1. The highest BCUT2D eigenvalue weighted by Crippen LogP contribution is 2.26. The number of amides is 2. The van der Waals surface area contributed by atoms with E-state index < -0.39 is 0 Å². The molecule has 1 saturated carbocycles. The van der Waals surface area contributed by atoms with E-state index in [4.69, 9.17) is 4.42 Å². The Morgan fingerprint density at radius 1 is 1.42 bits per heavy atom. The van der Waals surface area contributed by atoms with Gasteiger partial charge in [0.15, 0.2) is 10.9 Å². The van der Waals surface area contributed by atoms with E-state index in [1.807, 2.05) is 18.4 Å². The molecule has 2 heterocycles. The van der Waals surface area contributed by atoms with Crippen LogP contribution in [0.5, 0.6) is 0 Å². The molecule has 7 heteroatoms. The van der Waals surface area contributed by atoms with Gasteiger partial charge in [-0.3, -0.25) is 9.59 Å². The molecule has 0 radical (unpaired) electrons. The molecule has 24 heavy (non-hydrogen) atoms. The lowest BCUT2D eigenvalue weighted by molar-refractivity contribution is -0.125. The summed E-state index contributed by atoms with van der Waals surface area (Å²) in [6.45, 7) is 1.85. The lowest BCUT2D eigenvalue weighted by atomic mass is 10.1. The van der Waals surface area contributed by atoms with E-state index in [1.165, 1.54) is 11.3 Å². The van der Waals surface area contributed by atoms with Gasteiger partial charge in [-0.15, -0.1) is 11.3 Å². The summed E-state index contributed by atoms with van der Waals surface area (Å²) in [6.07, 6.45) is 5.97. The molecular formula is C17H21N3O3S. The third-order valence-electron chi connectivity index (χ3n) is 4.13. The summed E-state index contributed by atoms with van der Waals surface area (Å²) in [4.78, 5) is 28.5. The maximum Gasteiger partial charge on any atom is 0.228 e. The molecule has 2 aromatic heterocycles. The Morgan fingerprint density at radius 3 is 2.92 bits per heavy atom. The SMILES string of the molecule is C[C@H](CC(=O)Nc1nc(-c2ccco2)cs1)NC(=O)C1CCCC1. The normalized spacial score (nSPS) is 16.0. The minimum absolute atomic E-state index is 0.0714. The molecule has 0 spiro atoms. The number of nitrogens with zero attached hydrogens (tertiary/aromatic N) is 1. The van der Waals surface area contributed by atoms with Crippen LogP contribution in [0.4, 0.5) is 5.13 Å². The first-order valence-corrected chi connectivity index (χ1v) is 9.09. The molecular weight excluding hydrogens is 326 g/mol. The van der Waals surface area contributed by atoms with E-state index in [2.05, 4.69) is 15.6 Å². The van der Waals surface area contributed by atoms with Crippen LogP contribution in [-0.4, -0.2) is 22.8 Å². The van der Waals surface area contributed by atoms with Gasteiger partial charge in [0.2, 0.25) is 11.8 Å². The zero-order chi connectivity index (χ0) is 16.9. The van der Waals surface area contributed by atoms with Crippen LogP contribution in [0.3, 0.4) is 0 Å². The van der Waals surface area contributed by atoms with E-state index in [9.17, 15) is 9.59 Å². The van der Waals surface area contributed by atoms with Crippen LogP contribution in [0.1, 0.15) is 39.0 Å². The highest BCUT2D eigenvalue weighted by Gasteiger charge is 2.24. The Bertz CT molecular complexity index is 690. The van der Waals surface area contributed by atoms with Crippen LogP contribution in [-0.2, 0) is 9.59 Å². The van der Waals surface area contributed by atoms with Gasteiger partial charge in [-0.2, -0.15) is 0 Å². The lowest BCUT2D eigenvalue weighted by Crippen LogP contribution is -2.38. The van der Waals surface area contributed by atoms with Gasteiger partial charge >= 0.3 is 0 Å². The van der Waals surface area contributed by atoms with Crippen molar-refractivity contribution < 1.29 is 14.0 Å². The first-order chi connectivity index (χ1) is 11.6. The van der Waals surface area contributed by atoms with E-state index in [0.717, 1.165) is 25.7 Å². The maximum atomic E-state index is 12.1. The van der Waals surface area contributed by atoms with Crippen LogP contribution < -0.4 is 10.6 Å². The van der Waals surface area contributed by atoms with E-state index in [-0.39, 0.29) is 30.2 Å². The number of hydrogen-bond acceptors (Lipinski definition) is 5. The zero-order valence-electron chi connectivity index (χ0n) is 13.6. The smallest absolute Gasteiger partial charge is 0.228 e. The van der Waals surface area contributed by atoms with Crippen molar-refractivity contribution in [2.24, 2.45) is 5.92 Å². The molecule has 0 bridgehead atoms. The van der Waals surface area contributed by atoms with Gasteiger partial charge in [0, 0.05) is 23.8 Å². The topological polar surface area (TPSA) is 84.2 Å². The van der Waals surface area contributed by atoms with Gasteiger partial charge < -0.3 is 15.1 Å². The molecule has 0 aliphatic heterocycles. The molecule has 1 aliphatic rings. The molecule has 1 fully saturated rings. The second-order valence-corrected chi connectivity index (χ2v) is 7.02. The quantitative estimate of drug-likeness (QED) is 0.838. The average molecular weight is 347 g/mol. The fourth-order valence-corrected chi connectivity index (χ4v) is 3.63. The summed E-state index contributed by atoms with van der Waals surface area (Å²) >= 11 is 1.35. The van der Waals surface area contributed by atoms with E-state index in [0.29, 0.717) is 16.6 Å². The Kier molecular flexibility index (Phi) is 5.30. The number of hydrogen-bond donors (Lipinski definition) is 2. The molecule has 0 saturated heterocycles. The van der Waals surface area contributed by atoms with Crippen molar-refractivity contribution in [2.75, 3.05) is 5.32 Å². The number of thiazole rings is 1. The molecule has 3 rings (SSSR count). The number of rotatable bonds is 6. The molecule has 128 valence electrons. The van der Waals surface area contributed by atoms with Crippen molar-refractivity contribution in [2.45, 2.75) is 45.1 Å². The van der Waals surface area contributed by atoms with E-state index >= 15 is 0 Å². The van der Waals surface area contributed by atoms with Gasteiger partial charge in [0.25, 0.3) is 0 Å². The molecule has 1 aliphatic carbocycles.